The van der Waals surface area contributed by atoms with Gasteiger partial charge in [0.2, 0.25) is 5.91 Å². The van der Waals surface area contributed by atoms with Gasteiger partial charge in [-0.25, -0.2) is 0 Å². The van der Waals surface area contributed by atoms with E-state index in [9.17, 15) is 4.79 Å². The van der Waals surface area contributed by atoms with Crippen molar-refractivity contribution >= 4 is 17.5 Å². The summed E-state index contributed by atoms with van der Waals surface area (Å²) >= 11 is 6.17. The lowest BCUT2D eigenvalue weighted by atomic mass is 10.1. The molecule has 25 heavy (non-hydrogen) atoms. The Bertz CT molecular complexity index is 544. The van der Waals surface area contributed by atoms with Gasteiger partial charge in [-0.05, 0) is 62.9 Å². The van der Waals surface area contributed by atoms with E-state index >= 15 is 0 Å². The van der Waals surface area contributed by atoms with E-state index in [2.05, 4.69) is 30.1 Å². The highest BCUT2D eigenvalue weighted by Gasteiger charge is 2.25. The summed E-state index contributed by atoms with van der Waals surface area (Å²) in [5.74, 6) is 0.535. The fourth-order valence-corrected chi connectivity index (χ4v) is 3.32. The van der Waals surface area contributed by atoms with Crippen LogP contribution in [0.1, 0.15) is 51.6 Å². The topological polar surface area (TPSA) is 41.6 Å². The highest BCUT2D eigenvalue weighted by atomic mass is 35.5. The Morgan fingerprint density at radius 1 is 1.28 bits per heavy atom. The van der Waals surface area contributed by atoms with Crippen LogP contribution in [-0.4, -0.2) is 43.2 Å². The van der Waals surface area contributed by atoms with Gasteiger partial charge in [0, 0.05) is 18.2 Å². The number of carbonyl (C=O) groups excluding carboxylic acids is 1. The number of halogens is 1. The summed E-state index contributed by atoms with van der Waals surface area (Å²) in [6, 6.07) is 8.10. The molecule has 1 aliphatic rings. The minimum Gasteiger partial charge on any atom is -0.369 e. The summed E-state index contributed by atoms with van der Waals surface area (Å²) in [5.41, 5.74) is 1.16. The van der Waals surface area contributed by atoms with Crippen LogP contribution in [0.2, 0.25) is 5.02 Å². The number of amides is 1. The quantitative estimate of drug-likeness (QED) is 0.717. The Kier molecular flexibility index (Phi) is 8.20. The second-order valence-corrected chi connectivity index (χ2v) is 7.69. The lowest BCUT2D eigenvalue weighted by Crippen LogP contribution is -2.41. The van der Waals surface area contributed by atoms with E-state index in [1.807, 2.05) is 25.1 Å². The number of carbonyl (C=O) groups is 1. The minimum absolute atomic E-state index is 0.0463. The zero-order chi connectivity index (χ0) is 18.2. The minimum atomic E-state index is -0.419. The Morgan fingerprint density at radius 3 is 2.64 bits per heavy atom. The molecular weight excluding hydrogens is 336 g/mol. The number of ether oxygens (including phenoxy) is 1. The van der Waals surface area contributed by atoms with Crippen molar-refractivity contribution < 1.29 is 9.53 Å². The third-order valence-corrected chi connectivity index (χ3v) is 4.95. The van der Waals surface area contributed by atoms with Crippen molar-refractivity contribution in [3.05, 3.63) is 34.9 Å². The number of hydrogen-bond acceptors (Lipinski definition) is 3. The van der Waals surface area contributed by atoms with Crippen molar-refractivity contribution in [3.8, 4) is 0 Å². The molecule has 0 aromatic heterocycles. The summed E-state index contributed by atoms with van der Waals surface area (Å²) in [6.07, 6.45) is 2.97. The molecule has 0 saturated carbocycles. The first kappa shape index (κ1) is 20.2. The van der Waals surface area contributed by atoms with E-state index in [0.29, 0.717) is 19.1 Å². The molecule has 4 nitrogen and oxygen atoms in total. The van der Waals surface area contributed by atoms with Crippen molar-refractivity contribution in [2.45, 2.75) is 52.2 Å². The molecule has 1 amide bonds. The van der Waals surface area contributed by atoms with Crippen molar-refractivity contribution in [3.63, 3.8) is 0 Å². The number of benzene rings is 1. The number of likely N-dealkylation sites (tertiary alicyclic amines) is 1. The molecule has 5 heteroatoms. The smallest absolute Gasteiger partial charge is 0.248 e. The van der Waals surface area contributed by atoms with Gasteiger partial charge in [-0.15, -0.1) is 0 Å². The standard InChI is InChI=1S/C20H31ClN2O2/c1-15(2)9-12-25-16(3)20(24)22-14-19(23-10-4-5-11-23)17-7-6-8-18(21)13-17/h6-8,13,15-16,19H,4-5,9-12,14H2,1-3H3,(H,22,24). The second kappa shape index (κ2) is 10.1. The molecule has 0 aliphatic carbocycles. The highest BCUT2D eigenvalue weighted by molar-refractivity contribution is 6.30. The average molecular weight is 367 g/mol. The summed E-state index contributed by atoms with van der Waals surface area (Å²) in [7, 11) is 0. The fraction of sp³-hybridized carbons (Fsp3) is 0.650. The Labute approximate surface area is 156 Å². The molecule has 140 valence electrons. The van der Waals surface area contributed by atoms with Gasteiger partial charge >= 0.3 is 0 Å². The molecule has 1 saturated heterocycles. The fourth-order valence-electron chi connectivity index (χ4n) is 3.12. The Balaban J connectivity index is 1.92. The number of nitrogens with zero attached hydrogens (tertiary/aromatic N) is 1. The van der Waals surface area contributed by atoms with E-state index in [1.54, 1.807) is 0 Å². The van der Waals surface area contributed by atoms with Crippen LogP contribution < -0.4 is 5.32 Å². The normalized spacial score (nSPS) is 17.6. The van der Waals surface area contributed by atoms with E-state index in [4.69, 9.17) is 16.3 Å². The molecule has 0 bridgehead atoms. The molecule has 0 spiro atoms. The summed E-state index contributed by atoms with van der Waals surface area (Å²) in [6.45, 7) is 9.45. The van der Waals surface area contributed by atoms with Crippen molar-refractivity contribution in [1.29, 1.82) is 0 Å². The van der Waals surface area contributed by atoms with Gasteiger partial charge in [-0.1, -0.05) is 37.6 Å². The van der Waals surface area contributed by atoms with Crippen molar-refractivity contribution in [1.82, 2.24) is 10.2 Å². The van der Waals surface area contributed by atoms with E-state index in [-0.39, 0.29) is 11.9 Å². The lowest BCUT2D eigenvalue weighted by molar-refractivity contribution is -0.132. The third kappa shape index (κ3) is 6.61. The van der Waals surface area contributed by atoms with Gasteiger partial charge in [-0.2, -0.15) is 0 Å². The average Bonchev–Trinajstić information content (AvgIpc) is 3.08. The maximum Gasteiger partial charge on any atom is 0.248 e. The summed E-state index contributed by atoms with van der Waals surface area (Å²) in [5, 5.41) is 3.80. The largest absolute Gasteiger partial charge is 0.369 e. The van der Waals surface area contributed by atoms with Crippen LogP contribution in [0.5, 0.6) is 0 Å². The molecule has 1 aromatic rings. The van der Waals surface area contributed by atoms with Crippen LogP contribution in [-0.2, 0) is 9.53 Å². The molecule has 1 N–H and O–H groups in total. The number of hydrogen-bond donors (Lipinski definition) is 1. The summed E-state index contributed by atoms with van der Waals surface area (Å²) in [4.78, 5) is 14.8. The summed E-state index contributed by atoms with van der Waals surface area (Å²) < 4.78 is 5.65. The first-order valence-electron chi connectivity index (χ1n) is 9.36. The SMILES string of the molecule is CC(C)CCOC(C)C(=O)NCC(c1cccc(Cl)c1)N1CCCC1. The highest BCUT2D eigenvalue weighted by Crippen LogP contribution is 2.26. The van der Waals surface area contributed by atoms with Crippen molar-refractivity contribution in [2.75, 3.05) is 26.2 Å². The zero-order valence-electron chi connectivity index (χ0n) is 15.6. The second-order valence-electron chi connectivity index (χ2n) is 7.25. The maximum absolute atomic E-state index is 12.4. The van der Waals surface area contributed by atoms with Crippen LogP contribution >= 0.6 is 11.6 Å². The van der Waals surface area contributed by atoms with Crippen LogP contribution in [0.4, 0.5) is 0 Å². The predicted molar refractivity (Wildman–Crippen MR) is 103 cm³/mol. The molecule has 1 aliphatic heterocycles. The lowest BCUT2D eigenvalue weighted by Gasteiger charge is -2.29. The zero-order valence-corrected chi connectivity index (χ0v) is 16.4. The van der Waals surface area contributed by atoms with Crippen LogP contribution in [0.3, 0.4) is 0 Å². The van der Waals surface area contributed by atoms with Gasteiger partial charge in [-0.3, -0.25) is 9.69 Å². The molecule has 1 fully saturated rings. The number of rotatable bonds is 9. The van der Waals surface area contributed by atoms with Crippen LogP contribution in [0.15, 0.2) is 24.3 Å². The van der Waals surface area contributed by atoms with Crippen LogP contribution in [0.25, 0.3) is 0 Å². The first-order valence-corrected chi connectivity index (χ1v) is 9.74. The molecule has 2 unspecified atom stereocenters. The molecule has 2 atom stereocenters. The number of nitrogens with one attached hydrogen (secondary N) is 1. The van der Waals surface area contributed by atoms with Gasteiger partial charge in [0.05, 0.1) is 6.04 Å². The molecule has 0 radical (unpaired) electrons. The van der Waals surface area contributed by atoms with Crippen molar-refractivity contribution in [2.24, 2.45) is 5.92 Å². The maximum atomic E-state index is 12.4. The Hall–Kier alpha value is -1.10. The first-order chi connectivity index (χ1) is 12.0. The van der Waals surface area contributed by atoms with Gasteiger partial charge in [0.1, 0.15) is 6.10 Å². The Morgan fingerprint density at radius 2 is 2.00 bits per heavy atom. The predicted octanol–water partition coefficient (Wildman–Crippen LogP) is 4.04. The molecule has 1 heterocycles. The molecule has 2 rings (SSSR count). The monoisotopic (exact) mass is 366 g/mol. The third-order valence-electron chi connectivity index (χ3n) is 4.72. The van der Waals surface area contributed by atoms with E-state index in [1.165, 1.54) is 12.8 Å². The van der Waals surface area contributed by atoms with Crippen LogP contribution in [0, 0.1) is 5.92 Å². The van der Waals surface area contributed by atoms with E-state index in [0.717, 1.165) is 30.1 Å². The molecule has 1 aromatic carbocycles. The van der Waals surface area contributed by atoms with Gasteiger partial charge < -0.3 is 10.1 Å². The van der Waals surface area contributed by atoms with Gasteiger partial charge in [0.25, 0.3) is 0 Å². The van der Waals surface area contributed by atoms with Gasteiger partial charge in [0.15, 0.2) is 0 Å². The molecular formula is C20H31ClN2O2. The van der Waals surface area contributed by atoms with E-state index < -0.39 is 6.10 Å².